The van der Waals surface area contributed by atoms with Crippen molar-refractivity contribution >= 4 is 29.3 Å². The van der Waals surface area contributed by atoms with Gasteiger partial charge >= 0.3 is 0 Å². The number of imidazole rings is 1. The molecule has 1 aliphatic carbocycles. The first kappa shape index (κ1) is 12.5. The standard InChI is InChI=1S/C11H15N5O2S/c12-11-14-9-8(10(19)15-11)13-4-16(9)6-1-2-7(18)5(6)3-17/h4-7,17-18H,1-3H2,(H3,12,14,15,19)/t5-,6-,7-/m0/s1. The Labute approximate surface area is 114 Å². The van der Waals surface area contributed by atoms with Crippen LogP contribution in [0.2, 0.25) is 0 Å². The van der Waals surface area contributed by atoms with Crippen LogP contribution in [0.3, 0.4) is 0 Å². The molecule has 1 saturated carbocycles. The molecule has 0 saturated heterocycles. The summed E-state index contributed by atoms with van der Waals surface area (Å²) in [5, 5.41) is 19.3. The second-order valence-electron chi connectivity index (χ2n) is 4.83. The summed E-state index contributed by atoms with van der Waals surface area (Å²) < 4.78 is 2.24. The zero-order chi connectivity index (χ0) is 13.6. The van der Waals surface area contributed by atoms with Crippen LogP contribution < -0.4 is 5.73 Å². The second kappa shape index (κ2) is 4.55. The molecule has 0 unspecified atom stereocenters. The number of aliphatic hydroxyl groups is 2. The van der Waals surface area contributed by atoms with E-state index < -0.39 is 6.10 Å². The van der Waals surface area contributed by atoms with Crippen LogP contribution in [0.15, 0.2) is 6.33 Å². The predicted molar refractivity (Wildman–Crippen MR) is 72.0 cm³/mol. The van der Waals surface area contributed by atoms with Gasteiger partial charge in [-0.3, -0.25) is 0 Å². The first-order valence-corrected chi connectivity index (χ1v) is 6.54. The fourth-order valence-corrected chi connectivity index (χ4v) is 3.07. The molecular formula is C11H15N5O2S. The molecule has 7 nitrogen and oxygen atoms in total. The van der Waals surface area contributed by atoms with Gasteiger partial charge in [0.05, 0.1) is 19.0 Å². The van der Waals surface area contributed by atoms with Gasteiger partial charge in [-0.1, -0.05) is 12.2 Å². The Morgan fingerprint density at radius 3 is 3.05 bits per heavy atom. The monoisotopic (exact) mass is 281 g/mol. The lowest BCUT2D eigenvalue weighted by atomic mass is 10.0. The number of aromatic nitrogens is 4. The highest BCUT2D eigenvalue weighted by molar-refractivity contribution is 7.71. The van der Waals surface area contributed by atoms with Crippen molar-refractivity contribution < 1.29 is 10.2 Å². The molecule has 19 heavy (non-hydrogen) atoms. The number of H-pyrrole nitrogens is 1. The molecule has 2 aromatic rings. The van der Waals surface area contributed by atoms with E-state index in [9.17, 15) is 10.2 Å². The molecular weight excluding hydrogens is 266 g/mol. The van der Waals surface area contributed by atoms with Gasteiger partial charge < -0.3 is 25.5 Å². The van der Waals surface area contributed by atoms with Crippen molar-refractivity contribution in [3.8, 4) is 0 Å². The van der Waals surface area contributed by atoms with Gasteiger partial charge in [-0.25, -0.2) is 9.97 Å². The number of aliphatic hydroxyl groups excluding tert-OH is 2. The number of nitrogens with one attached hydrogen (secondary N) is 1. The van der Waals surface area contributed by atoms with Crippen molar-refractivity contribution in [2.45, 2.75) is 25.0 Å². The van der Waals surface area contributed by atoms with E-state index in [1.54, 1.807) is 6.33 Å². The third kappa shape index (κ3) is 1.92. The zero-order valence-electron chi connectivity index (χ0n) is 10.2. The van der Waals surface area contributed by atoms with Crippen molar-refractivity contribution in [1.29, 1.82) is 0 Å². The minimum absolute atomic E-state index is 0.0163. The molecule has 3 atom stereocenters. The highest BCUT2D eigenvalue weighted by atomic mass is 32.1. The Bertz CT molecular complexity index is 667. The van der Waals surface area contributed by atoms with Crippen LogP contribution in [0.5, 0.6) is 0 Å². The van der Waals surface area contributed by atoms with Crippen molar-refractivity contribution in [2.24, 2.45) is 5.92 Å². The van der Waals surface area contributed by atoms with Gasteiger partial charge in [-0.15, -0.1) is 0 Å². The molecule has 8 heteroatoms. The summed E-state index contributed by atoms with van der Waals surface area (Å²) in [6, 6.07) is -0.0163. The number of aromatic amines is 1. The molecule has 0 radical (unpaired) electrons. The summed E-state index contributed by atoms with van der Waals surface area (Å²) in [5.41, 5.74) is 6.95. The van der Waals surface area contributed by atoms with Crippen molar-refractivity contribution in [3.63, 3.8) is 0 Å². The molecule has 102 valence electrons. The third-order valence-corrected chi connectivity index (χ3v) is 4.06. The summed E-state index contributed by atoms with van der Waals surface area (Å²) >= 11 is 5.12. The van der Waals surface area contributed by atoms with Gasteiger partial charge in [0, 0.05) is 12.0 Å². The molecule has 0 amide bonds. The summed E-state index contributed by atoms with van der Waals surface area (Å²) in [4.78, 5) is 11.2. The SMILES string of the molecule is Nc1nc(=S)c2ncn([C@H]3CC[C@H](O)[C@H]3CO)c2[nH]1. The maximum absolute atomic E-state index is 9.88. The maximum Gasteiger partial charge on any atom is 0.200 e. The fraction of sp³-hybridized carbons (Fsp3) is 0.545. The number of nitrogens with zero attached hydrogens (tertiary/aromatic N) is 3. The van der Waals surface area contributed by atoms with E-state index in [4.69, 9.17) is 18.0 Å². The van der Waals surface area contributed by atoms with E-state index in [0.29, 0.717) is 22.2 Å². The maximum atomic E-state index is 9.88. The highest BCUT2D eigenvalue weighted by Gasteiger charge is 2.36. The predicted octanol–water partition coefficient (Wildman–Crippen LogP) is 0.375. The lowest BCUT2D eigenvalue weighted by Crippen LogP contribution is -2.25. The van der Waals surface area contributed by atoms with Crippen LogP contribution >= 0.6 is 12.2 Å². The van der Waals surface area contributed by atoms with Crippen LogP contribution in [-0.2, 0) is 0 Å². The van der Waals surface area contributed by atoms with Gasteiger partial charge in [0.15, 0.2) is 10.6 Å². The Balaban J connectivity index is 2.13. The lowest BCUT2D eigenvalue weighted by Gasteiger charge is -2.21. The van der Waals surface area contributed by atoms with E-state index >= 15 is 0 Å². The largest absolute Gasteiger partial charge is 0.396 e. The average molecular weight is 281 g/mol. The molecule has 0 spiro atoms. The van der Waals surface area contributed by atoms with Crippen LogP contribution in [0, 0.1) is 10.6 Å². The Kier molecular flexibility index (Phi) is 3.00. The number of fused-ring (bicyclic) bond motifs is 1. The molecule has 0 aliphatic heterocycles. The van der Waals surface area contributed by atoms with Crippen molar-refractivity contribution in [3.05, 3.63) is 11.0 Å². The number of nitrogens with two attached hydrogens (primary N) is 1. The molecule has 2 aromatic heterocycles. The van der Waals surface area contributed by atoms with Gasteiger partial charge in [0.25, 0.3) is 0 Å². The molecule has 2 heterocycles. The van der Waals surface area contributed by atoms with Crippen LogP contribution in [0.25, 0.3) is 11.2 Å². The molecule has 3 rings (SSSR count). The lowest BCUT2D eigenvalue weighted by molar-refractivity contribution is 0.0747. The first-order valence-electron chi connectivity index (χ1n) is 6.13. The second-order valence-corrected chi connectivity index (χ2v) is 5.22. The van der Waals surface area contributed by atoms with Crippen LogP contribution in [-0.4, -0.2) is 42.4 Å². The van der Waals surface area contributed by atoms with E-state index in [-0.39, 0.29) is 24.5 Å². The van der Waals surface area contributed by atoms with Crippen molar-refractivity contribution in [2.75, 3.05) is 12.3 Å². The topological polar surface area (TPSA) is 113 Å². The number of anilines is 1. The number of rotatable bonds is 2. The average Bonchev–Trinajstić information content (AvgIpc) is 2.92. The third-order valence-electron chi connectivity index (χ3n) is 3.78. The highest BCUT2D eigenvalue weighted by Crippen LogP contribution is 2.37. The van der Waals surface area contributed by atoms with E-state index in [1.807, 2.05) is 4.57 Å². The Morgan fingerprint density at radius 1 is 1.53 bits per heavy atom. The Morgan fingerprint density at radius 2 is 2.32 bits per heavy atom. The first-order chi connectivity index (χ1) is 9.11. The van der Waals surface area contributed by atoms with Gasteiger partial charge in [0.1, 0.15) is 11.2 Å². The summed E-state index contributed by atoms with van der Waals surface area (Å²) in [5.74, 6) is 0.0344. The van der Waals surface area contributed by atoms with Crippen LogP contribution in [0.4, 0.5) is 5.95 Å². The number of hydrogen-bond donors (Lipinski definition) is 4. The molecule has 1 fully saturated rings. The Hall–Kier alpha value is -1.51. The summed E-state index contributed by atoms with van der Waals surface area (Å²) in [6.45, 7) is -0.0627. The number of nitrogen functional groups attached to an aromatic ring is 1. The van der Waals surface area contributed by atoms with E-state index in [1.165, 1.54) is 0 Å². The molecule has 5 N–H and O–H groups in total. The van der Waals surface area contributed by atoms with E-state index in [0.717, 1.165) is 6.42 Å². The fourth-order valence-electron chi connectivity index (χ4n) is 2.82. The minimum Gasteiger partial charge on any atom is -0.396 e. The zero-order valence-corrected chi connectivity index (χ0v) is 11.0. The summed E-state index contributed by atoms with van der Waals surface area (Å²) in [6.07, 6.45) is 2.61. The normalized spacial score (nSPS) is 27.2. The minimum atomic E-state index is -0.491. The quantitative estimate of drug-likeness (QED) is 0.592. The van der Waals surface area contributed by atoms with Gasteiger partial charge in [-0.2, -0.15) is 0 Å². The van der Waals surface area contributed by atoms with Crippen molar-refractivity contribution in [1.82, 2.24) is 19.5 Å². The van der Waals surface area contributed by atoms with Crippen LogP contribution in [0.1, 0.15) is 18.9 Å². The molecule has 1 aliphatic rings. The van der Waals surface area contributed by atoms with E-state index in [2.05, 4.69) is 15.0 Å². The molecule has 0 aromatic carbocycles. The van der Waals surface area contributed by atoms with Gasteiger partial charge in [-0.05, 0) is 12.8 Å². The molecule has 0 bridgehead atoms. The number of hydrogen-bond acceptors (Lipinski definition) is 6. The smallest absolute Gasteiger partial charge is 0.200 e. The van der Waals surface area contributed by atoms with Gasteiger partial charge in [0.2, 0.25) is 0 Å². The summed E-state index contributed by atoms with van der Waals surface area (Å²) in [7, 11) is 0.